The van der Waals surface area contributed by atoms with Crippen molar-refractivity contribution in [1.82, 2.24) is 20.4 Å². The van der Waals surface area contributed by atoms with Gasteiger partial charge in [-0.05, 0) is 31.7 Å². The Morgan fingerprint density at radius 1 is 1.14 bits per heavy atom. The lowest BCUT2D eigenvalue weighted by atomic mass is 10.1. The van der Waals surface area contributed by atoms with Gasteiger partial charge in [-0.25, -0.2) is 9.59 Å². The standard InChI is InChI=1S/C21H28N4O4/c1-14(2)10-11-22-21(28)23-18(26)13-29-20(27)19-15(3)24-25(16(19)4)12-17-8-6-5-7-9-17/h5-9,14H,10-13H2,1-4H3,(H2,22,23,26,28). The summed E-state index contributed by atoms with van der Waals surface area (Å²) in [5, 5.41) is 9.13. The number of nitrogens with one attached hydrogen (secondary N) is 2. The van der Waals surface area contributed by atoms with Crippen molar-refractivity contribution < 1.29 is 19.1 Å². The molecule has 0 spiro atoms. The molecule has 156 valence electrons. The molecular formula is C21H28N4O4. The Labute approximate surface area is 170 Å². The summed E-state index contributed by atoms with van der Waals surface area (Å²) in [4.78, 5) is 35.9. The number of amides is 3. The second-order valence-corrected chi connectivity index (χ2v) is 7.25. The van der Waals surface area contributed by atoms with Crippen LogP contribution >= 0.6 is 0 Å². The molecule has 0 fully saturated rings. The first-order chi connectivity index (χ1) is 13.8. The minimum Gasteiger partial charge on any atom is -0.452 e. The maximum Gasteiger partial charge on any atom is 0.342 e. The smallest absolute Gasteiger partial charge is 0.342 e. The van der Waals surface area contributed by atoms with Crippen molar-refractivity contribution in [2.24, 2.45) is 5.92 Å². The van der Waals surface area contributed by atoms with Crippen LogP contribution in [0.2, 0.25) is 0 Å². The van der Waals surface area contributed by atoms with Gasteiger partial charge in [-0.1, -0.05) is 44.2 Å². The van der Waals surface area contributed by atoms with Crippen LogP contribution in [0.5, 0.6) is 0 Å². The number of benzene rings is 1. The zero-order valence-corrected chi connectivity index (χ0v) is 17.3. The molecule has 0 unspecified atom stereocenters. The molecule has 0 bridgehead atoms. The lowest BCUT2D eigenvalue weighted by molar-refractivity contribution is -0.123. The van der Waals surface area contributed by atoms with Gasteiger partial charge in [0.25, 0.3) is 5.91 Å². The molecule has 2 N–H and O–H groups in total. The van der Waals surface area contributed by atoms with Gasteiger partial charge in [0, 0.05) is 6.54 Å². The molecule has 0 saturated carbocycles. The molecule has 0 radical (unpaired) electrons. The van der Waals surface area contributed by atoms with Crippen LogP contribution in [-0.2, 0) is 16.1 Å². The molecule has 0 saturated heterocycles. The van der Waals surface area contributed by atoms with Crippen LogP contribution in [0.3, 0.4) is 0 Å². The van der Waals surface area contributed by atoms with Crippen molar-refractivity contribution in [2.45, 2.75) is 40.7 Å². The largest absolute Gasteiger partial charge is 0.452 e. The number of imide groups is 1. The molecule has 2 rings (SSSR count). The van der Waals surface area contributed by atoms with E-state index in [4.69, 9.17) is 4.74 Å². The number of carbonyl (C=O) groups is 3. The molecule has 8 heteroatoms. The number of rotatable bonds is 8. The molecule has 1 aromatic heterocycles. The highest BCUT2D eigenvalue weighted by Gasteiger charge is 2.21. The summed E-state index contributed by atoms with van der Waals surface area (Å²) in [6.45, 7) is 8.02. The van der Waals surface area contributed by atoms with Crippen LogP contribution < -0.4 is 10.6 Å². The van der Waals surface area contributed by atoms with Gasteiger partial charge in [0.1, 0.15) is 5.56 Å². The van der Waals surface area contributed by atoms with E-state index < -0.39 is 24.5 Å². The number of nitrogens with zero attached hydrogens (tertiary/aromatic N) is 2. The van der Waals surface area contributed by atoms with Gasteiger partial charge in [0.05, 0.1) is 17.9 Å². The Balaban J connectivity index is 1.89. The molecule has 0 aliphatic rings. The summed E-state index contributed by atoms with van der Waals surface area (Å²) in [5.74, 6) is -0.886. The normalized spacial score (nSPS) is 10.7. The number of urea groups is 1. The van der Waals surface area contributed by atoms with Crippen LogP contribution in [0.15, 0.2) is 30.3 Å². The molecule has 3 amide bonds. The number of aromatic nitrogens is 2. The van der Waals surface area contributed by atoms with E-state index in [-0.39, 0.29) is 0 Å². The first-order valence-corrected chi connectivity index (χ1v) is 9.60. The third-order valence-electron chi connectivity index (χ3n) is 4.36. The van der Waals surface area contributed by atoms with Crippen LogP contribution in [0.1, 0.15) is 47.6 Å². The van der Waals surface area contributed by atoms with E-state index in [1.165, 1.54) is 0 Å². The predicted octanol–water partition coefficient (Wildman–Crippen LogP) is 2.58. The number of hydrogen-bond donors (Lipinski definition) is 2. The predicted molar refractivity (Wildman–Crippen MR) is 109 cm³/mol. The number of aryl methyl sites for hydroxylation is 1. The number of carbonyl (C=O) groups excluding carboxylic acids is 3. The summed E-state index contributed by atoms with van der Waals surface area (Å²) in [5.41, 5.74) is 2.56. The fourth-order valence-corrected chi connectivity index (χ4v) is 2.79. The molecule has 0 aliphatic carbocycles. The quantitative estimate of drug-likeness (QED) is 0.663. The monoisotopic (exact) mass is 400 g/mol. The average molecular weight is 400 g/mol. The van der Waals surface area contributed by atoms with E-state index in [0.29, 0.717) is 36.0 Å². The number of hydrogen-bond acceptors (Lipinski definition) is 5. The molecular weight excluding hydrogens is 372 g/mol. The maximum absolute atomic E-state index is 12.4. The van der Waals surface area contributed by atoms with Gasteiger partial charge >= 0.3 is 12.0 Å². The summed E-state index contributed by atoms with van der Waals surface area (Å²) in [6, 6.07) is 9.16. The van der Waals surface area contributed by atoms with Gasteiger partial charge < -0.3 is 10.1 Å². The Morgan fingerprint density at radius 2 is 1.83 bits per heavy atom. The highest BCUT2D eigenvalue weighted by Crippen LogP contribution is 2.16. The topological polar surface area (TPSA) is 102 Å². The first-order valence-electron chi connectivity index (χ1n) is 9.60. The fourth-order valence-electron chi connectivity index (χ4n) is 2.79. The van der Waals surface area contributed by atoms with Crippen LogP contribution in [0.4, 0.5) is 4.79 Å². The summed E-state index contributed by atoms with van der Waals surface area (Å²) < 4.78 is 6.80. The molecule has 2 aromatic rings. The van der Waals surface area contributed by atoms with E-state index >= 15 is 0 Å². The van der Waals surface area contributed by atoms with Crippen molar-refractivity contribution in [3.05, 3.63) is 52.8 Å². The highest BCUT2D eigenvalue weighted by molar-refractivity contribution is 5.97. The second-order valence-electron chi connectivity index (χ2n) is 7.25. The van der Waals surface area contributed by atoms with Crippen LogP contribution in [0, 0.1) is 19.8 Å². The van der Waals surface area contributed by atoms with Crippen molar-refractivity contribution in [2.75, 3.05) is 13.2 Å². The van der Waals surface area contributed by atoms with Crippen molar-refractivity contribution in [3.8, 4) is 0 Å². The van der Waals surface area contributed by atoms with E-state index in [2.05, 4.69) is 15.7 Å². The molecule has 8 nitrogen and oxygen atoms in total. The highest BCUT2D eigenvalue weighted by atomic mass is 16.5. The maximum atomic E-state index is 12.4. The van der Waals surface area contributed by atoms with E-state index in [1.807, 2.05) is 44.2 Å². The Morgan fingerprint density at radius 3 is 2.48 bits per heavy atom. The average Bonchev–Trinajstić information content (AvgIpc) is 2.93. The fraction of sp³-hybridized carbons (Fsp3) is 0.429. The third-order valence-corrected chi connectivity index (χ3v) is 4.36. The van der Waals surface area contributed by atoms with Gasteiger partial charge in [-0.2, -0.15) is 5.10 Å². The Bertz CT molecular complexity index is 859. The Hall–Kier alpha value is -3.16. The van der Waals surface area contributed by atoms with E-state index in [9.17, 15) is 14.4 Å². The molecule has 0 aliphatic heterocycles. The summed E-state index contributed by atoms with van der Waals surface area (Å²) >= 11 is 0. The van der Waals surface area contributed by atoms with Crippen molar-refractivity contribution in [3.63, 3.8) is 0 Å². The van der Waals surface area contributed by atoms with E-state index in [1.54, 1.807) is 18.5 Å². The summed E-state index contributed by atoms with van der Waals surface area (Å²) in [6.07, 6.45) is 0.808. The van der Waals surface area contributed by atoms with Gasteiger partial charge in [0.2, 0.25) is 0 Å². The number of ether oxygens (including phenoxy) is 1. The van der Waals surface area contributed by atoms with Crippen molar-refractivity contribution >= 4 is 17.9 Å². The van der Waals surface area contributed by atoms with Crippen LogP contribution in [-0.4, -0.2) is 40.8 Å². The summed E-state index contributed by atoms with van der Waals surface area (Å²) in [7, 11) is 0. The molecule has 29 heavy (non-hydrogen) atoms. The van der Waals surface area contributed by atoms with Gasteiger partial charge in [0.15, 0.2) is 6.61 Å². The van der Waals surface area contributed by atoms with Gasteiger partial charge in [-0.15, -0.1) is 0 Å². The van der Waals surface area contributed by atoms with Crippen molar-refractivity contribution in [1.29, 1.82) is 0 Å². The minimum atomic E-state index is -0.688. The molecule has 1 aromatic carbocycles. The lowest BCUT2D eigenvalue weighted by Crippen LogP contribution is -2.42. The zero-order chi connectivity index (χ0) is 21.4. The lowest BCUT2D eigenvalue weighted by Gasteiger charge is -2.09. The SMILES string of the molecule is Cc1nn(Cc2ccccc2)c(C)c1C(=O)OCC(=O)NC(=O)NCCC(C)C. The zero-order valence-electron chi connectivity index (χ0n) is 17.3. The third kappa shape index (κ3) is 6.74. The minimum absolute atomic E-state index is 0.329. The van der Waals surface area contributed by atoms with Crippen LogP contribution in [0.25, 0.3) is 0 Å². The van der Waals surface area contributed by atoms with E-state index in [0.717, 1.165) is 12.0 Å². The molecule has 1 heterocycles. The first kappa shape index (κ1) is 22.1. The molecule has 0 atom stereocenters. The number of esters is 1. The second kappa shape index (κ2) is 10.4. The Kier molecular flexibility index (Phi) is 7.94. The van der Waals surface area contributed by atoms with Gasteiger partial charge in [-0.3, -0.25) is 14.8 Å².